The summed E-state index contributed by atoms with van der Waals surface area (Å²) < 4.78 is 0. The Hall–Kier alpha value is -1.33. The van der Waals surface area contributed by atoms with Crippen molar-refractivity contribution in [1.29, 1.82) is 0 Å². The van der Waals surface area contributed by atoms with Gasteiger partial charge in [-0.15, -0.1) is 0 Å². The number of nitrogens with zero attached hydrogens (tertiary/aromatic N) is 2. The van der Waals surface area contributed by atoms with Gasteiger partial charge in [0.05, 0.1) is 6.54 Å². The predicted molar refractivity (Wildman–Crippen MR) is 66.3 cm³/mol. The van der Waals surface area contributed by atoms with Gasteiger partial charge in [-0.05, 0) is 37.4 Å². The van der Waals surface area contributed by atoms with Crippen molar-refractivity contribution in [2.24, 2.45) is 0 Å². The molecule has 1 aliphatic rings. The van der Waals surface area contributed by atoms with Crippen LogP contribution in [0.4, 0.5) is 0 Å². The van der Waals surface area contributed by atoms with Crippen molar-refractivity contribution in [2.75, 3.05) is 26.2 Å². The Kier molecular flexibility index (Phi) is 3.96. The highest BCUT2D eigenvalue weighted by atomic mass is 15.1. The number of benzene rings is 1. The highest BCUT2D eigenvalue weighted by molar-refractivity contribution is 5.19. The van der Waals surface area contributed by atoms with Crippen LogP contribution in [-0.2, 0) is 0 Å². The Morgan fingerprint density at radius 3 is 2.50 bits per heavy atom. The van der Waals surface area contributed by atoms with Crippen molar-refractivity contribution >= 4 is 0 Å². The summed E-state index contributed by atoms with van der Waals surface area (Å²) in [5.74, 6) is 0.727. The van der Waals surface area contributed by atoms with E-state index in [2.05, 4.69) is 40.1 Å². The number of rotatable bonds is 3. The van der Waals surface area contributed by atoms with Crippen LogP contribution in [0.2, 0.25) is 0 Å². The molecule has 0 amide bonds. The summed E-state index contributed by atoms with van der Waals surface area (Å²) in [5.41, 5.74) is 1.48. The molecule has 0 atom stereocenters. The topological polar surface area (TPSA) is 7.60 Å². The van der Waals surface area contributed by atoms with Gasteiger partial charge in [-0.3, -0.25) is 4.90 Å². The molecule has 84 valence electrons. The van der Waals surface area contributed by atoms with Gasteiger partial charge in [-0.1, -0.05) is 30.3 Å². The monoisotopic (exact) mass is 214 g/mol. The lowest BCUT2D eigenvalue weighted by Crippen LogP contribution is -2.34. The highest BCUT2D eigenvalue weighted by Gasteiger charge is 2.20. The van der Waals surface area contributed by atoms with Gasteiger partial charge >= 0.3 is 0 Å². The van der Waals surface area contributed by atoms with Gasteiger partial charge in [0.25, 0.3) is 0 Å². The number of piperidine rings is 1. The van der Waals surface area contributed by atoms with Gasteiger partial charge in [-0.25, -0.2) is 6.57 Å². The van der Waals surface area contributed by atoms with Gasteiger partial charge in [0.1, 0.15) is 0 Å². The molecule has 1 fully saturated rings. The maximum atomic E-state index is 6.79. The van der Waals surface area contributed by atoms with E-state index in [9.17, 15) is 0 Å². The second-order valence-corrected chi connectivity index (χ2v) is 4.41. The van der Waals surface area contributed by atoms with Crippen LogP contribution in [0.5, 0.6) is 0 Å². The van der Waals surface area contributed by atoms with Crippen molar-refractivity contribution < 1.29 is 0 Å². The quantitative estimate of drug-likeness (QED) is 0.702. The summed E-state index contributed by atoms with van der Waals surface area (Å²) >= 11 is 0. The van der Waals surface area contributed by atoms with Gasteiger partial charge in [0.2, 0.25) is 6.54 Å². The maximum Gasteiger partial charge on any atom is 0.227 e. The first kappa shape index (κ1) is 11.2. The zero-order valence-corrected chi connectivity index (χ0v) is 9.60. The number of hydrogen-bond donors (Lipinski definition) is 0. The highest BCUT2D eigenvalue weighted by Crippen LogP contribution is 2.27. The molecule has 0 spiro atoms. The molecule has 1 aliphatic heterocycles. The fourth-order valence-electron chi connectivity index (χ4n) is 2.41. The third-order valence-electron chi connectivity index (χ3n) is 3.39. The largest absolute Gasteiger partial charge is 0.316 e. The van der Waals surface area contributed by atoms with Crippen molar-refractivity contribution in [2.45, 2.75) is 18.8 Å². The summed E-state index contributed by atoms with van der Waals surface area (Å²) in [6.45, 7) is 10.7. The second kappa shape index (κ2) is 5.67. The molecule has 1 aromatic carbocycles. The zero-order valence-electron chi connectivity index (χ0n) is 9.60. The number of hydrogen-bond acceptors (Lipinski definition) is 1. The molecule has 1 saturated heterocycles. The predicted octanol–water partition coefficient (Wildman–Crippen LogP) is 2.79. The van der Waals surface area contributed by atoms with Crippen molar-refractivity contribution in [1.82, 2.24) is 4.90 Å². The molecule has 0 aromatic heterocycles. The molecular formula is C14H18N2. The number of likely N-dealkylation sites (tertiary alicyclic amines) is 1. The minimum atomic E-state index is 0.649. The van der Waals surface area contributed by atoms with Crippen LogP contribution in [0.25, 0.3) is 4.85 Å². The van der Waals surface area contributed by atoms with E-state index in [0.717, 1.165) is 25.6 Å². The average molecular weight is 214 g/mol. The summed E-state index contributed by atoms with van der Waals surface area (Å²) in [6.07, 6.45) is 2.48. The van der Waals surface area contributed by atoms with E-state index in [-0.39, 0.29) is 0 Å². The van der Waals surface area contributed by atoms with Crippen LogP contribution in [0.1, 0.15) is 24.3 Å². The van der Waals surface area contributed by atoms with Crippen molar-refractivity contribution in [3.8, 4) is 0 Å². The van der Waals surface area contributed by atoms with E-state index in [4.69, 9.17) is 6.57 Å². The third-order valence-corrected chi connectivity index (χ3v) is 3.39. The third kappa shape index (κ3) is 2.84. The molecule has 0 unspecified atom stereocenters. The summed E-state index contributed by atoms with van der Waals surface area (Å²) in [7, 11) is 0. The minimum absolute atomic E-state index is 0.649. The standard InChI is InChI=1S/C14H18N2/c1-15-9-12-16-10-7-14(8-11-16)13-5-3-2-4-6-13/h2-6,14H,7-12H2. The molecule has 0 radical (unpaired) electrons. The van der Waals surface area contributed by atoms with Crippen LogP contribution < -0.4 is 0 Å². The molecule has 0 saturated carbocycles. The Bertz CT molecular complexity index is 345. The zero-order chi connectivity index (χ0) is 11.2. The minimum Gasteiger partial charge on any atom is -0.316 e. The average Bonchev–Trinajstić information content (AvgIpc) is 2.38. The van der Waals surface area contributed by atoms with Crippen LogP contribution in [0.3, 0.4) is 0 Å². The molecule has 16 heavy (non-hydrogen) atoms. The first-order chi connectivity index (χ1) is 7.90. The lowest BCUT2D eigenvalue weighted by molar-refractivity contribution is 0.221. The second-order valence-electron chi connectivity index (χ2n) is 4.41. The van der Waals surface area contributed by atoms with Crippen LogP contribution >= 0.6 is 0 Å². The summed E-state index contributed by atoms with van der Waals surface area (Å²) in [4.78, 5) is 5.83. The summed E-state index contributed by atoms with van der Waals surface area (Å²) in [5, 5.41) is 0. The van der Waals surface area contributed by atoms with Crippen LogP contribution in [0, 0.1) is 6.57 Å². The fourth-order valence-corrected chi connectivity index (χ4v) is 2.41. The maximum absolute atomic E-state index is 6.79. The molecule has 2 heteroatoms. The Morgan fingerprint density at radius 1 is 1.19 bits per heavy atom. The van der Waals surface area contributed by atoms with E-state index >= 15 is 0 Å². The van der Waals surface area contributed by atoms with E-state index in [1.165, 1.54) is 18.4 Å². The fraction of sp³-hybridized carbons (Fsp3) is 0.500. The van der Waals surface area contributed by atoms with Crippen LogP contribution in [-0.4, -0.2) is 31.1 Å². The Balaban J connectivity index is 1.84. The molecular weight excluding hydrogens is 196 g/mol. The Morgan fingerprint density at radius 2 is 1.88 bits per heavy atom. The van der Waals surface area contributed by atoms with Gasteiger partial charge in [0.15, 0.2) is 0 Å². The SMILES string of the molecule is [C-]#[N+]CCN1CCC(c2ccccc2)CC1. The van der Waals surface area contributed by atoms with E-state index in [0.29, 0.717) is 6.54 Å². The molecule has 0 N–H and O–H groups in total. The van der Waals surface area contributed by atoms with Crippen LogP contribution in [0.15, 0.2) is 30.3 Å². The van der Waals surface area contributed by atoms with Crippen molar-refractivity contribution in [3.05, 3.63) is 47.3 Å². The first-order valence-electron chi connectivity index (χ1n) is 6.00. The molecule has 2 nitrogen and oxygen atoms in total. The van der Waals surface area contributed by atoms with Crippen molar-refractivity contribution in [3.63, 3.8) is 0 Å². The van der Waals surface area contributed by atoms with E-state index in [1.807, 2.05) is 0 Å². The lowest BCUT2D eigenvalue weighted by Gasteiger charge is -2.30. The lowest BCUT2D eigenvalue weighted by atomic mass is 9.89. The molecule has 1 heterocycles. The van der Waals surface area contributed by atoms with Gasteiger partial charge in [-0.2, -0.15) is 0 Å². The smallest absolute Gasteiger partial charge is 0.227 e. The molecule has 1 aromatic rings. The van der Waals surface area contributed by atoms with Gasteiger partial charge in [0, 0.05) is 0 Å². The normalized spacial score (nSPS) is 18.2. The first-order valence-corrected chi connectivity index (χ1v) is 6.00. The van der Waals surface area contributed by atoms with Gasteiger partial charge < -0.3 is 4.85 Å². The molecule has 0 aliphatic carbocycles. The van der Waals surface area contributed by atoms with E-state index in [1.54, 1.807) is 0 Å². The Labute approximate surface area is 97.7 Å². The van der Waals surface area contributed by atoms with E-state index < -0.39 is 0 Å². The molecule has 2 rings (SSSR count). The molecule has 0 bridgehead atoms. The summed E-state index contributed by atoms with van der Waals surface area (Å²) in [6, 6.07) is 10.8.